The maximum Gasteiger partial charge on any atom is 0.114 e. The number of fused-ring (bicyclic) bond motifs is 3. The van der Waals surface area contributed by atoms with Crippen LogP contribution < -0.4 is 15.5 Å². The summed E-state index contributed by atoms with van der Waals surface area (Å²) < 4.78 is 13.5. The molecule has 1 aromatic heterocycles. The Labute approximate surface area is 199 Å². The van der Waals surface area contributed by atoms with E-state index in [0.717, 1.165) is 54.9 Å². The maximum atomic E-state index is 13.5. The molecule has 1 aliphatic carbocycles. The molecule has 2 N–H and O–H groups in total. The Morgan fingerprint density at radius 3 is 3.03 bits per heavy atom. The Morgan fingerprint density at radius 1 is 1.29 bits per heavy atom. The van der Waals surface area contributed by atoms with Crippen LogP contribution in [-0.4, -0.2) is 60.9 Å². The van der Waals surface area contributed by atoms with Crippen LogP contribution in [0.25, 0.3) is 10.9 Å². The number of rotatable bonds is 4. The van der Waals surface area contributed by atoms with Gasteiger partial charge in [0.25, 0.3) is 0 Å². The molecule has 2 saturated heterocycles. The molecule has 3 aliphatic heterocycles. The minimum absolute atomic E-state index is 0.203. The van der Waals surface area contributed by atoms with Crippen LogP contribution in [0.5, 0.6) is 0 Å². The summed E-state index contributed by atoms with van der Waals surface area (Å²) in [6, 6.07) is 10.8. The molecule has 4 aliphatic rings. The van der Waals surface area contributed by atoms with Crippen molar-refractivity contribution in [2.75, 3.05) is 37.6 Å². The number of nitrogens with one attached hydrogen (secondary N) is 2. The van der Waals surface area contributed by atoms with Gasteiger partial charge in [-0.1, -0.05) is 6.08 Å². The van der Waals surface area contributed by atoms with Crippen molar-refractivity contribution in [1.29, 1.82) is 5.26 Å². The Morgan fingerprint density at radius 2 is 2.21 bits per heavy atom. The molecule has 174 valence electrons. The molecular weight excluding hydrogens is 427 g/mol. The van der Waals surface area contributed by atoms with Crippen LogP contribution >= 0.6 is 0 Å². The third kappa shape index (κ3) is 3.63. The monoisotopic (exact) mass is 456 g/mol. The van der Waals surface area contributed by atoms with Gasteiger partial charge in [0.15, 0.2) is 0 Å². The minimum atomic E-state index is -0.721. The second-order valence-electron chi connectivity index (χ2n) is 9.78. The Kier molecular flexibility index (Phi) is 5.26. The largest absolute Gasteiger partial charge is 0.384 e. The highest BCUT2D eigenvalue weighted by Gasteiger charge is 2.36. The molecule has 6 nitrogen and oxygen atoms in total. The lowest BCUT2D eigenvalue weighted by Crippen LogP contribution is -2.49. The Hall–Kier alpha value is -3.37. The molecule has 34 heavy (non-hydrogen) atoms. The van der Waals surface area contributed by atoms with E-state index in [2.05, 4.69) is 62.7 Å². The van der Waals surface area contributed by atoms with Crippen molar-refractivity contribution in [3.05, 3.63) is 70.7 Å². The third-order valence-electron chi connectivity index (χ3n) is 7.57. The molecule has 0 radical (unpaired) electrons. The molecule has 0 bridgehead atoms. The van der Waals surface area contributed by atoms with Crippen LogP contribution in [0.3, 0.4) is 0 Å². The summed E-state index contributed by atoms with van der Waals surface area (Å²) in [5.74, 6) is 0. The fraction of sp³-hybridized carbons (Fsp3) is 0.407. The fourth-order valence-corrected chi connectivity index (χ4v) is 5.84. The average Bonchev–Trinajstić information content (AvgIpc) is 3.45. The van der Waals surface area contributed by atoms with Gasteiger partial charge >= 0.3 is 0 Å². The average molecular weight is 457 g/mol. The van der Waals surface area contributed by atoms with Crippen molar-refractivity contribution in [2.24, 2.45) is 0 Å². The van der Waals surface area contributed by atoms with E-state index < -0.39 is 6.17 Å². The number of pyridine rings is 1. The lowest BCUT2D eigenvalue weighted by Gasteiger charge is -2.42. The number of nitriles is 1. The highest BCUT2D eigenvalue weighted by atomic mass is 19.1. The zero-order valence-electron chi connectivity index (χ0n) is 19.4. The normalized spacial score (nSPS) is 26.2. The second kappa shape index (κ2) is 8.44. The van der Waals surface area contributed by atoms with Gasteiger partial charge in [-0.15, -0.1) is 0 Å². The molecule has 1 aromatic carbocycles. The summed E-state index contributed by atoms with van der Waals surface area (Å²) in [7, 11) is 0. The van der Waals surface area contributed by atoms with Crippen LogP contribution in [0.4, 0.5) is 10.1 Å². The molecule has 4 heterocycles. The van der Waals surface area contributed by atoms with Crippen molar-refractivity contribution in [1.82, 2.24) is 20.5 Å². The second-order valence-corrected chi connectivity index (χ2v) is 9.78. The van der Waals surface area contributed by atoms with Gasteiger partial charge in [0.2, 0.25) is 0 Å². The fourth-order valence-electron chi connectivity index (χ4n) is 5.84. The lowest BCUT2D eigenvalue weighted by molar-refractivity contribution is 0.274. The van der Waals surface area contributed by atoms with E-state index in [0.29, 0.717) is 24.6 Å². The van der Waals surface area contributed by atoms with E-state index in [1.165, 1.54) is 16.8 Å². The molecule has 0 unspecified atom stereocenters. The summed E-state index contributed by atoms with van der Waals surface area (Å²) in [6.45, 7) is 6.25. The smallest absolute Gasteiger partial charge is 0.114 e. The molecule has 3 atom stereocenters. The first kappa shape index (κ1) is 21.2. The first-order valence-electron chi connectivity index (χ1n) is 12.1. The molecule has 0 saturated carbocycles. The molecule has 2 aromatic rings. The number of halogens is 1. The molecule has 7 heteroatoms. The van der Waals surface area contributed by atoms with Crippen LogP contribution in [-0.2, 0) is 0 Å². The Balaban J connectivity index is 1.24. The number of alkyl halides is 1. The van der Waals surface area contributed by atoms with Crippen molar-refractivity contribution in [3.8, 4) is 6.07 Å². The van der Waals surface area contributed by atoms with E-state index in [-0.39, 0.29) is 6.04 Å². The molecule has 2 fully saturated rings. The van der Waals surface area contributed by atoms with Gasteiger partial charge in [0, 0.05) is 66.9 Å². The van der Waals surface area contributed by atoms with Crippen LogP contribution in [0.2, 0.25) is 0 Å². The van der Waals surface area contributed by atoms with Crippen molar-refractivity contribution < 1.29 is 4.39 Å². The zero-order valence-corrected chi connectivity index (χ0v) is 19.4. The van der Waals surface area contributed by atoms with Gasteiger partial charge < -0.3 is 20.4 Å². The quantitative estimate of drug-likeness (QED) is 0.735. The van der Waals surface area contributed by atoms with Gasteiger partial charge in [-0.25, -0.2) is 4.39 Å². The van der Waals surface area contributed by atoms with Crippen molar-refractivity contribution >= 4 is 16.6 Å². The molecular formula is C27H29FN6. The highest BCUT2D eigenvalue weighted by Crippen LogP contribution is 2.40. The predicted octanol–water partition coefficient (Wildman–Crippen LogP) is 3.39. The summed E-state index contributed by atoms with van der Waals surface area (Å²) >= 11 is 0. The minimum Gasteiger partial charge on any atom is -0.384 e. The number of nitrogens with zero attached hydrogens (tertiary/aromatic N) is 4. The van der Waals surface area contributed by atoms with E-state index >= 15 is 0 Å². The Bertz CT molecular complexity index is 1270. The first-order chi connectivity index (χ1) is 16.6. The summed E-state index contributed by atoms with van der Waals surface area (Å²) in [6.07, 6.45) is 7.09. The van der Waals surface area contributed by atoms with E-state index in [1.807, 2.05) is 12.1 Å². The highest BCUT2D eigenvalue weighted by molar-refractivity contribution is 5.95. The van der Waals surface area contributed by atoms with E-state index in [4.69, 9.17) is 0 Å². The van der Waals surface area contributed by atoms with Crippen LogP contribution in [0.1, 0.15) is 25.3 Å². The predicted molar refractivity (Wildman–Crippen MR) is 132 cm³/mol. The van der Waals surface area contributed by atoms with Gasteiger partial charge in [-0.05, 0) is 61.3 Å². The van der Waals surface area contributed by atoms with E-state index in [9.17, 15) is 9.65 Å². The van der Waals surface area contributed by atoms with Gasteiger partial charge in [-0.2, -0.15) is 5.26 Å². The summed E-state index contributed by atoms with van der Waals surface area (Å²) in [5.41, 5.74) is 7.91. The molecule has 0 amide bonds. The first-order valence-corrected chi connectivity index (χ1v) is 12.1. The topological polar surface area (TPSA) is 67.2 Å². The van der Waals surface area contributed by atoms with Crippen LogP contribution in [0, 0.1) is 11.3 Å². The maximum absolute atomic E-state index is 13.5. The number of anilines is 1. The number of piperazine rings is 1. The number of aromatic nitrogens is 1. The number of benzene rings is 1. The molecule has 6 rings (SSSR count). The van der Waals surface area contributed by atoms with Gasteiger partial charge in [0.05, 0.1) is 17.6 Å². The molecule has 0 spiro atoms. The van der Waals surface area contributed by atoms with Crippen molar-refractivity contribution in [3.63, 3.8) is 0 Å². The lowest BCUT2D eigenvalue weighted by atomic mass is 9.97. The van der Waals surface area contributed by atoms with E-state index in [1.54, 1.807) is 6.20 Å². The SMILES string of the molecule is C[C@@H]1CN(c2ccc(C#N)c3ncccc23)CC2=C3CC=C(NC[C@@H]4C[C@H](F)CN4)C=C3CN21. The summed E-state index contributed by atoms with van der Waals surface area (Å²) in [4.78, 5) is 9.48. The van der Waals surface area contributed by atoms with Gasteiger partial charge in [-0.3, -0.25) is 4.98 Å². The number of hydrogen-bond acceptors (Lipinski definition) is 6. The number of hydrogen-bond donors (Lipinski definition) is 2. The van der Waals surface area contributed by atoms with Crippen LogP contribution in [0.15, 0.2) is 65.2 Å². The third-order valence-corrected chi connectivity index (χ3v) is 7.57. The summed E-state index contributed by atoms with van der Waals surface area (Å²) in [5, 5.41) is 17.3. The van der Waals surface area contributed by atoms with Gasteiger partial charge in [0.1, 0.15) is 12.2 Å². The standard InChI is InChI=1S/C27H29FN6/c1-17-14-33(25-7-4-18(11-29)27-24(25)3-2-8-30-27)16-26-23-6-5-21(9-19(23)15-34(17)26)32-13-22-10-20(28)12-31-22/h2-5,7-9,17,20,22,31-32H,6,10,12-16H2,1H3/t17-,20+,22+/m1/s1. The zero-order chi connectivity index (χ0) is 23.2. The number of allylic oxidation sites excluding steroid dienone is 2. The van der Waals surface area contributed by atoms with Crippen molar-refractivity contribution in [2.45, 2.75) is 38.0 Å².